The maximum absolute atomic E-state index is 12.6. The van der Waals surface area contributed by atoms with Gasteiger partial charge in [-0.1, -0.05) is 25.4 Å². The Labute approximate surface area is 181 Å². The topological polar surface area (TPSA) is 100 Å². The van der Waals surface area contributed by atoms with E-state index < -0.39 is 6.04 Å². The monoisotopic (exact) mass is 430 g/mol. The second-order valence-corrected chi connectivity index (χ2v) is 7.77. The van der Waals surface area contributed by atoms with E-state index in [0.717, 1.165) is 5.56 Å². The van der Waals surface area contributed by atoms with E-state index >= 15 is 0 Å². The van der Waals surface area contributed by atoms with Crippen molar-refractivity contribution in [2.24, 2.45) is 5.92 Å². The van der Waals surface area contributed by atoms with Gasteiger partial charge in [0.1, 0.15) is 6.04 Å². The molecule has 2 aromatic rings. The van der Waals surface area contributed by atoms with Gasteiger partial charge >= 0.3 is 0 Å². The number of hydrogen-bond acceptors (Lipinski definition) is 4. The summed E-state index contributed by atoms with van der Waals surface area (Å²) < 4.78 is 0. The zero-order chi connectivity index (χ0) is 21.9. The average molecular weight is 431 g/mol. The summed E-state index contributed by atoms with van der Waals surface area (Å²) in [6.45, 7) is 4.54. The number of halogens is 1. The lowest BCUT2D eigenvalue weighted by atomic mass is 10.0. The molecule has 0 radical (unpaired) electrons. The van der Waals surface area contributed by atoms with Crippen molar-refractivity contribution in [2.45, 2.75) is 39.3 Å². The van der Waals surface area contributed by atoms with Gasteiger partial charge in [0.25, 0.3) is 5.91 Å². The first-order valence-corrected chi connectivity index (χ1v) is 10.2. The SMILES string of the molecule is CC(C)CC(NC(=O)c1ccc(Cl)cc1)C(=O)NCCC(=O)NCc1ccncc1. The van der Waals surface area contributed by atoms with Crippen LogP contribution in [0.3, 0.4) is 0 Å². The van der Waals surface area contributed by atoms with Gasteiger partial charge in [0.2, 0.25) is 11.8 Å². The van der Waals surface area contributed by atoms with Crippen molar-refractivity contribution < 1.29 is 14.4 Å². The van der Waals surface area contributed by atoms with Crippen molar-refractivity contribution in [1.82, 2.24) is 20.9 Å². The molecule has 160 valence electrons. The van der Waals surface area contributed by atoms with E-state index in [2.05, 4.69) is 20.9 Å². The van der Waals surface area contributed by atoms with Crippen molar-refractivity contribution in [1.29, 1.82) is 0 Å². The molecule has 8 heteroatoms. The van der Waals surface area contributed by atoms with Gasteiger partial charge in [-0.05, 0) is 54.3 Å². The Morgan fingerprint density at radius 3 is 2.30 bits per heavy atom. The van der Waals surface area contributed by atoms with E-state index in [9.17, 15) is 14.4 Å². The number of hydrogen-bond donors (Lipinski definition) is 3. The third-order valence-electron chi connectivity index (χ3n) is 4.33. The Morgan fingerprint density at radius 2 is 1.67 bits per heavy atom. The van der Waals surface area contributed by atoms with Crippen LogP contribution in [-0.2, 0) is 16.1 Å². The third-order valence-corrected chi connectivity index (χ3v) is 4.58. The maximum Gasteiger partial charge on any atom is 0.251 e. The lowest BCUT2D eigenvalue weighted by Gasteiger charge is -2.20. The van der Waals surface area contributed by atoms with Gasteiger partial charge < -0.3 is 16.0 Å². The Balaban J connectivity index is 1.81. The Bertz CT molecular complexity index is 841. The molecular weight excluding hydrogens is 404 g/mol. The molecule has 0 saturated carbocycles. The largest absolute Gasteiger partial charge is 0.354 e. The maximum atomic E-state index is 12.6. The number of amides is 3. The number of carbonyl (C=O) groups excluding carboxylic acids is 3. The molecule has 1 atom stereocenters. The van der Waals surface area contributed by atoms with Crippen LogP contribution in [0, 0.1) is 5.92 Å². The van der Waals surface area contributed by atoms with Crippen LogP contribution in [0.25, 0.3) is 0 Å². The molecule has 0 fully saturated rings. The molecule has 0 aliphatic rings. The molecule has 1 aromatic heterocycles. The third kappa shape index (κ3) is 8.21. The fourth-order valence-corrected chi connectivity index (χ4v) is 2.88. The van der Waals surface area contributed by atoms with Crippen LogP contribution in [0.5, 0.6) is 0 Å². The molecule has 0 spiro atoms. The van der Waals surface area contributed by atoms with Gasteiger partial charge in [-0.2, -0.15) is 0 Å². The number of nitrogens with one attached hydrogen (secondary N) is 3. The van der Waals surface area contributed by atoms with Crippen molar-refractivity contribution in [2.75, 3.05) is 6.54 Å². The second kappa shape index (κ2) is 11.9. The molecule has 3 N–H and O–H groups in total. The summed E-state index contributed by atoms with van der Waals surface area (Å²) in [4.78, 5) is 40.9. The summed E-state index contributed by atoms with van der Waals surface area (Å²) in [5.41, 5.74) is 1.38. The minimum atomic E-state index is -0.687. The zero-order valence-electron chi connectivity index (χ0n) is 17.2. The first-order valence-electron chi connectivity index (χ1n) is 9.85. The van der Waals surface area contributed by atoms with Crippen LogP contribution < -0.4 is 16.0 Å². The van der Waals surface area contributed by atoms with Crippen molar-refractivity contribution in [3.8, 4) is 0 Å². The molecule has 1 heterocycles. The molecule has 0 aliphatic heterocycles. The zero-order valence-corrected chi connectivity index (χ0v) is 17.9. The minimum Gasteiger partial charge on any atom is -0.354 e. The lowest BCUT2D eigenvalue weighted by molar-refractivity contribution is -0.124. The highest BCUT2D eigenvalue weighted by molar-refractivity contribution is 6.30. The van der Waals surface area contributed by atoms with Crippen LogP contribution in [0.2, 0.25) is 5.02 Å². The first-order chi connectivity index (χ1) is 14.3. The summed E-state index contributed by atoms with van der Waals surface area (Å²) >= 11 is 5.85. The van der Waals surface area contributed by atoms with Crippen molar-refractivity contribution in [3.05, 3.63) is 64.9 Å². The van der Waals surface area contributed by atoms with E-state index in [0.29, 0.717) is 23.6 Å². The number of pyridine rings is 1. The average Bonchev–Trinajstić information content (AvgIpc) is 2.72. The standard InChI is InChI=1S/C22H27ClN4O3/c1-15(2)13-19(27-21(29)17-3-5-18(23)6-4-17)22(30)25-12-9-20(28)26-14-16-7-10-24-11-8-16/h3-8,10-11,15,19H,9,12-14H2,1-2H3,(H,25,30)(H,26,28)(H,27,29). The predicted octanol–water partition coefficient (Wildman–Crippen LogP) is 2.70. The predicted molar refractivity (Wildman–Crippen MR) is 116 cm³/mol. The smallest absolute Gasteiger partial charge is 0.251 e. The fourth-order valence-electron chi connectivity index (χ4n) is 2.76. The van der Waals surface area contributed by atoms with Crippen LogP contribution >= 0.6 is 11.6 Å². The quantitative estimate of drug-likeness (QED) is 0.539. The summed E-state index contributed by atoms with van der Waals surface area (Å²) in [6.07, 6.45) is 3.96. The van der Waals surface area contributed by atoms with Gasteiger partial charge in [-0.25, -0.2) is 0 Å². The summed E-state index contributed by atoms with van der Waals surface area (Å²) in [6, 6.07) is 9.42. The fraction of sp³-hybridized carbons (Fsp3) is 0.364. The summed E-state index contributed by atoms with van der Waals surface area (Å²) in [5.74, 6) is -0.622. The molecular formula is C22H27ClN4O3. The lowest BCUT2D eigenvalue weighted by Crippen LogP contribution is -2.48. The molecule has 0 saturated heterocycles. The highest BCUT2D eigenvalue weighted by Gasteiger charge is 2.22. The van der Waals surface area contributed by atoms with E-state index in [1.165, 1.54) is 0 Å². The molecule has 7 nitrogen and oxygen atoms in total. The molecule has 2 rings (SSSR count). The Hall–Kier alpha value is -2.93. The summed E-state index contributed by atoms with van der Waals surface area (Å²) in [7, 11) is 0. The van der Waals surface area contributed by atoms with Crippen LogP contribution in [-0.4, -0.2) is 35.3 Å². The van der Waals surface area contributed by atoms with Crippen LogP contribution in [0.4, 0.5) is 0 Å². The number of carbonyl (C=O) groups is 3. The van der Waals surface area contributed by atoms with E-state index in [4.69, 9.17) is 11.6 Å². The van der Waals surface area contributed by atoms with E-state index in [1.807, 2.05) is 26.0 Å². The molecule has 0 aliphatic carbocycles. The van der Waals surface area contributed by atoms with E-state index in [-0.39, 0.29) is 36.6 Å². The van der Waals surface area contributed by atoms with Crippen LogP contribution in [0.15, 0.2) is 48.8 Å². The van der Waals surface area contributed by atoms with Gasteiger partial charge in [-0.3, -0.25) is 19.4 Å². The molecule has 1 unspecified atom stereocenters. The van der Waals surface area contributed by atoms with Crippen LogP contribution in [0.1, 0.15) is 42.6 Å². The number of rotatable bonds is 10. The molecule has 1 aromatic carbocycles. The Morgan fingerprint density at radius 1 is 1.00 bits per heavy atom. The van der Waals surface area contributed by atoms with Gasteiger partial charge in [0.15, 0.2) is 0 Å². The highest BCUT2D eigenvalue weighted by Crippen LogP contribution is 2.11. The van der Waals surface area contributed by atoms with Crippen molar-refractivity contribution in [3.63, 3.8) is 0 Å². The van der Waals surface area contributed by atoms with Gasteiger partial charge in [-0.15, -0.1) is 0 Å². The normalized spacial score (nSPS) is 11.6. The molecule has 30 heavy (non-hydrogen) atoms. The number of nitrogens with zero attached hydrogens (tertiary/aromatic N) is 1. The Kier molecular flexibility index (Phi) is 9.28. The van der Waals surface area contributed by atoms with E-state index in [1.54, 1.807) is 36.7 Å². The number of benzene rings is 1. The van der Waals surface area contributed by atoms with Crippen molar-refractivity contribution >= 4 is 29.3 Å². The highest BCUT2D eigenvalue weighted by atomic mass is 35.5. The second-order valence-electron chi connectivity index (χ2n) is 7.34. The van der Waals surface area contributed by atoms with Gasteiger partial charge in [0, 0.05) is 42.5 Å². The summed E-state index contributed by atoms with van der Waals surface area (Å²) in [5, 5.41) is 8.83. The van der Waals surface area contributed by atoms with Gasteiger partial charge in [0.05, 0.1) is 0 Å². The number of aromatic nitrogens is 1. The minimum absolute atomic E-state index is 0.149. The first kappa shape index (κ1) is 23.3. The molecule has 3 amide bonds. The molecule has 0 bridgehead atoms.